The van der Waals surface area contributed by atoms with E-state index in [9.17, 15) is 14.4 Å². The predicted molar refractivity (Wildman–Crippen MR) is 274 cm³/mol. The fraction of sp³-hybridized carbons (Fsp3) is 0.638. The first-order valence-corrected chi connectivity index (χ1v) is 25.9. The molecule has 0 radical (unpaired) electrons. The van der Waals surface area contributed by atoms with Crippen molar-refractivity contribution in [2.24, 2.45) is 0 Å². The van der Waals surface area contributed by atoms with Gasteiger partial charge in [-0.15, -0.1) is 0 Å². The zero-order chi connectivity index (χ0) is 46.5. The molecule has 0 aliphatic carbocycles. The molecular formula is C58H94O6. The third-order valence-corrected chi connectivity index (χ3v) is 10.5. The van der Waals surface area contributed by atoms with Gasteiger partial charge in [-0.25, -0.2) is 0 Å². The molecule has 0 bridgehead atoms. The molecule has 0 aliphatic rings. The van der Waals surface area contributed by atoms with Gasteiger partial charge in [-0.2, -0.15) is 0 Å². The molecule has 0 aliphatic heterocycles. The van der Waals surface area contributed by atoms with Gasteiger partial charge in [0.2, 0.25) is 0 Å². The van der Waals surface area contributed by atoms with E-state index in [-0.39, 0.29) is 38.0 Å². The van der Waals surface area contributed by atoms with Gasteiger partial charge in [0.25, 0.3) is 0 Å². The molecule has 0 unspecified atom stereocenters. The van der Waals surface area contributed by atoms with Crippen molar-refractivity contribution in [3.63, 3.8) is 0 Å². The molecule has 0 saturated carbocycles. The van der Waals surface area contributed by atoms with Crippen LogP contribution in [0.25, 0.3) is 0 Å². The van der Waals surface area contributed by atoms with Crippen LogP contribution in [0.15, 0.2) is 109 Å². The lowest BCUT2D eigenvalue weighted by Crippen LogP contribution is -2.30. The van der Waals surface area contributed by atoms with E-state index in [0.29, 0.717) is 19.3 Å². The van der Waals surface area contributed by atoms with Crippen molar-refractivity contribution in [3.8, 4) is 0 Å². The van der Waals surface area contributed by atoms with Gasteiger partial charge < -0.3 is 14.2 Å². The number of ether oxygens (including phenoxy) is 3. The molecule has 0 amide bonds. The molecule has 64 heavy (non-hydrogen) atoms. The number of esters is 3. The van der Waals surface area contributed by atoms with Crippen LogP contribution in [0, 0.1) is 0 Å². The minimum atomic E-state index is -0.834. The van der Waals surface area contributed by atoms with Gasteiger partial charge in [-0.05, 0) is 96.3 Å². The van der Waals surface area contributed by atoms with E-state index in [2.05, 4.69) is 118 Å². The van der Waals surface area contributed by atoms with E-state index in [1.54, 1.807) is 0 Å². The quantitative estimate of drug-likeness (QED) is 0.0262. The number of carbonyl (C=O) groups excluding carboxylic acids is 3. The maximum absolute atomic E-state index is 12.8. The Morgan fingerprint density at radius 2 is 0.641 bits per heavy atom. The highest BCUT2D eigenvalue weighted by atomic mass is 16.6. The molecule has 0 aromatic rings. The second-order valence-electron chi connectivity index (χ2n) is 16.7. The van der Waals surface area contributed by atoms with Gasteiger partial charge in [0.1, 0.15) is 13.2 Å². The van der Waals surface area contributed by atoms with Crippen molar-refractivity contribution < 1.29 is 28.6 Å². The first kappa shape index (κ1) is 60.1. The molecule has 6 heteroatoms. The number of allylic oxidation sites excluding steroid dienone is 18. The van der Waals surface area contributed by atoms with E-state index in [4.69, 9.17) is 14.2 Å². The Kier molecular flexibility index (Phi) is 48.5. The largest absolute Gasteiger partial charge is 0.462 e. The molecular weight excluding hydrogens is 793 g/mol. The molecule has 0 rings (SSSR count). The van der Waals surface area contributed by atoms with Gasteiger partial charge in [-0.3, -0.25) is 14.4 Å². The third-order valence-electron chi connectivity index (χ3n) is 10.5. The lowest BCUT2D eigenvalue weighted by molar-refractivity contribution is -0.166. The normalized spacial score (nSPS) is 13.0. The van der Waals surface area contributed by atoms with E-state index in [0.717, 1.165) is 83.5 Å². The monoisotopic (exact) mass is 887 g/mol. The number of hydrogen-bond acceptors (Lipinski definition) is 6. The highest BCUT2D eigenvalue weighted by Crippen LogP contribution is 2.13. The molecule has 0 aromatic carbocycles. The van der Waals surface area contributed by atoms with Crippen molar-refractivity contribution in [2.75, 3.05) is 13.2 Å². The van der Waals surface area contributed by atoms with Crippen LogP contribution < -0.4 is 0 Å². The second kappa shape index (κ2) is 51.7. The summed E-state index contributed by atoms with van der Waals surface area (Å²) in [4.78, 5) is 37.9. The standard InChI is InChI=1S/C58H94O6/c1-4-7-10-13-16-19-22-25-27-28-29-30-32-34-37-40-43-46-49-52-58(61)64-55(53-62-56(59)50-47-44-41-38-35-24-21-18-15-12-9-6-3)54-63-57(60)51-48-45-42-39-36-33-31-26-23-20-17-14-11-8-5-2/h8,11,16-17,19-20,25-27,29-31,34,36-37,39,43,46,55H,4-7,9-10,12-15,18,21-24,28,32-33,35,38,40-42,44-45,47-54H2,1-3H3/b11-8-,19-16-,20-17-,27-25-,30-29-,31-26-,37-34-,39-36-,46-43-/t55-/m0/s1. The zero-order valence-electron chi connectivity index (χ0n) is 41.3. The van der Waals surface area contributed by atoms with E-state index < -0.39 is 12.1 Å². The molecule has 6 nitrogen and oxygen atoms in total. The maximum atomic E-state index is 12.8. The van der Waals surface area contributed by atoms with Crippen LogP contribution in [-0.2, 0) is 28.6 Å². The fourth-order valence-corrected chi connectivity index (χ4v) is 6.65. The Bertz CT molecular complexity index is 1340. The topological polar surface area (TPSA) is 78.9 Å². The van der Waals surface area contributed by atoms with Crippen LogP contribution >= 0.6 is 0 Å². The average molecular weight is 887 g/mol. The number of unbranched alkanes of at least 4 members (excludes halogenated alkanes) is 16. The van der Waals surface area contributed by atoms with Gasteiger partial charge in [0.15, 0.2) is 6.10 Å². The second-order valence-corrected chi connectivity index (χ2v) is 16.7. The molecule has 362 valence electrons. The van der Waals surface area contributed by atoms with Gasteiger partial charge in [0, 0.05) is 19.3 Å². The highest BCUT2D eigenvalue weighted by Gasteiger charge is 2.19. The van der Waals surface area contributed by atoms with E-state index >= 15 is 0 Å². The average Bonchev–Trinajstić information content (AvgIpc) is 3.29. The summed E-state index contributed by atoms with van der Waals surface area (Å²) in [5.41, 5.74) is 0. The molecule has 0 spiro atoms. The summed E-state index contributed by atoms with van der Waals surface area (Å²) >= 11 is 0. The Labute approximate surface area is 393 Å². The van der Waals surface area contributed by atoms with E-state index in [1.165, 1.54) is 83.5 Å². The van der Waals surface area contributed by atoms with Crippen LogP contribution in [0.5, 0.6) is 0 Å². The Balaban J connectivity index is 4.58. The van der Waals surface area contributed by atoms with Gasteiger partial charge >= 0.3 is 17.9 Å². The first-order valence-electron chi connectivity index (χ1n) is 25.9. The van der Waals surface area contributed by atoms with Crippen LogP contribution in [0.1, 0.15) is 220 Å². The van der Waals surface area contributed by atoms with Gasteiger partial charge in [-0.1, -0.05) is 214 Å². The SMILES string of the molecule is CC/C=C\C/C=C\C/C=C\C/C=C\CCCCC(=O)OC[C@H](COC(=O)CCCCCCCCCCCCCC)OC(=O)CC/C=C\C/C=C\C/C=C\C/C=C\C/C=C\CCCCC. The van der Waals surface area contributed by atoms with Crippen LogP contribution in [0.4, 0.5) is 0 Å². The number of rotatable bonds is 45. The minimum absolute atomic E-state index is 0.121. The molecule has 0 heterocycles. The van der Waals surface area contributed by atoms with E-state index in [1.807, 2.05) is 12.2 Å². The Morgan fingerprint density at radius 1 is 0.328 bits per heavy atom. The summed E-state index contributed by atoms with van der Waals surface area (Å²) in [5, 5.41) is 0. The summed E-state index contributed by atoms with van der Waals surface area (Å²) in [6.45, 7) is 6.38. The lowest BCUT2D eigenvalue weighted by Gasteiger charge is -2.18. The smallest absolute Gasteiger partial charge is 0.306 e. The minimum Gasteiger partial charge on any atom is -0.462 e. The van der Waals surface area contributed by atoms with Crippen molar-refractivity contribution in [1.82, 2.24) is 0 Å². The highest BCUT2D eigenvalue weighted by molar-refractivity contribution is 5.71. The lowest BCUT2D eigenvalue weighted by atomic mass is 10.0. The molecule has 0 saturated heterocycles. The number of hydrogen-bond donors (Lipinski definition) is 0. The Morgan fingerprint density at radius 3 is 1.05 bits per heavy atom. The summed E-state index contributed by atoms with van der Waals surface area (Å²) in [5.74, 6) is -1.05. The molecule has 1 atom stereocenters. The van der Waals surface area contributed by atoms with Crippen LogP contribution in [0.3, 0.4) is 0 Å². The van der Waals surface area contributed by atoms with Crippen molar-refractivity contribution in [1.29, 1.82) is 0 Å². The summed E-state index contributed by atoms with van der Waals surface area (Å²) in [6.07, 6.45) is 69.4. The summed E-state index contributed by atoms with van der Waals surface area (Å²) in [6, 6.07) is 0. The molecule has 0 N–H and O–H groups in total. The van der Waals surface area contributed by atoms with Crippen molar-refractivity contribution in [3.05, 3.63) is 109 Å². The van der Waals surface area contributed by atoms with Crippen molar-refractivity contribution in [2.45, 2.75) is 226 Å². The third kappa shape index (κ3) is 49.1. The van der Waals surface area contributed by atoms with Crippen LogP contribution in [0.2, 0.25) is 0 Å². The fourth-order valence-electron chi connectivity index (χ4n) is 6.65. The maximum Gasteiger partial charge on any atom is 0.306 e. The van der Waals surface area contributed by atoms with Crippen LogP contribution in [-0.4, -0.2) is 37.2 Å². The first-order chi connectivity index (χ1) is 31.5. The summed E-state index contributed by atoms with van der Waals surface area (Å²) < 4.78 is 16.7. The molecule has 0 fully saturated rings. The van der Waals surface area contributed by atoms with Gasteiger partial charge in [0.05, 0.1) is 0 Å². The van der Waals surface area contributed by atoms with Crippen molar-refractivity contribution >= 4 is 17.9 Å². The molecule has 0 aromatic heterocycles. The predicted octanol–water partition coefficient (Wildman–Crippen LogP) is 17.1. The Hall–Kier alpha value is -3.93. The summed E-state index contributed by atoms with van der Waals surface area (Å²) in [7, 11) is 0. The zero-order valence-corrected chi connectivity index (χ0v) is 41.3. The number of carbonyl (C=O) groups is 3.